The van der Waals surface area contributed by atoms with Crippen LogP contribution in [0.25, 0.3) is 16.8 Å². The van der Waals surface area contributed by atoms with E-state index >= 15 is 0 Å². The zero-order valence-electron chi connectivity index (χ0n) is 15.3. The Morgan fingerprint density at radius 2 is 1.96 bits per heavy atom. The molecule has 2 N–H and O–H groups in total. The number of anilines is 1. The van der Waals surface area contributed by atoms with E-state index in [-0.39, 0.29) is 11.3 Å². The van der Waals surface area contributed by atoms with E-state index in [0.717, 1.165) is 17.1 Å². The van der Waals surface area contributed by atoms with Gasteiger partial charge in [0, 0.05) is 11.4 Å². The summed E-state index contributed by atoms with van der Waals surface area (Å²) in [6.45, 7) is 2.99. The standard InChI is InChI=1S/C23H19NO3S/c1-2-24-19-12-11-16-7-3-4-8-17(16)22(19)28-21(24)9-5-6-15-10-13-20(25)18(14-15)23(26)27/h3-14,25H,2H2,1H3,(H,26,27)/b6-5+,21-9-. The molecule has 0 fully saturated rings. The Bertz CT molecular complexity index is 1130. The zero-order chi connectivity index (χ0) is 19.7. The number of benzene rings is 3. The van der Waals surface area contributed by atoms with Crippen molar-refractivity contribution in [3.8, 4) is 5.75 Å². The summed E-state index contributed by atoms with van der Waals surface area (Å²) in [6, 6.07) is 17.3. The molecule has 0 aliphatic carbocycles. The largest absolute Gasteiger partial charge is 0.507 e. The number of nitrogens with zero attached hydrogens (tertiary/aromatic N) is 1. The van der Waals surface area contributed by atoms with Gasteiger partial charge >= 0.3 is 5.97 Å². The van der Waals surface area contributed by atoms with Crippen LogP contribution in [-0.4, -0.2) is 22.7 Å². The second-order valence-electron chi connectivity index (χ2n) is 6.43. The van der Waals surface area contributed by atoms with Gasteiger partial charge < -0.3 is 15.1 Å². The highest BCUT2D eigenvalue weighted by molar-refractivity contribution is 8.04. The molecule has 1 heterocycles. The molecular formula is C23H19NO3S. The predicted molar refractivity (Wildman–Crippen MR) is 115 cm³/mol. The number of phenols is 1. The van der Waals surface area contributed by atoms with E-state index in [1.165, 1.54) is 33.5 Å². The lowest BCUT2D eigenvalue weighted by Gasteiger charge is -2.17. The Morgan fingerprint density at radius 1 is 1.14 bits per heavy atom. The van der Waals surface area contributed by atoms with Crippen LogP contribution in [0, 0.1) is 0 Å². The lowest BCUT2D eigenvalue weighted by Crippen LogP contribution is -2.16. The van der Waals surface area contributed by atoms with Crippen molar-refractivity contribution < 1.29 is 15.0 Å². The van der Waals surface area contributed by atoms with Crippen LogP contribution in [0.5, 0.6) is 5.75 Å². The fourth-order valence-electron chi connectivity index (χ4n) is 3.35. The first kappa shape index (κ1) is 18.2. The summed E-state index contributed by atoms with van der Waals surface area (Å²) in [5.41, 5.74) is 1.84. The van der Waals surface area contributed by atoms with Crippen molar-refractivity contribution in [2.24, 2.45) is 0 Å². The summed E-state index contributed by atoms with van der Waals surface area (Å²) >= 11 is 1.75. The molecule has 5 heteroatoms. The summed E-state index contributed by atoms with van der Waals surface area (Å²) in [5.74, 6) is -1.37. The van der Waals surface area contributed by atoms with E-state index in [1.807, 2.05) is 18.2 Å². The maximum atomic E-state index is 11.2. The van der Waals surface area contributed by atoms with E-state index in [1.54, 1.807) is 17.8 Å². The van der Waals surface area contributed by atoms with Crippen molar-refractivity contribution in [3.05, 3.63) is 82.9 Å². The number of aromatic carboxylic acids is 1. The second-order valence-corrected chi connectivity index (χ2v) is 7.46. The van der Waals surface area contributed by atoms with Crippen molar-refractivity contribution in [1.82, 2.24) is 0 Å². The van der Waals surface area contributed by atoms with Crippen LogP contribution in [0.4, 0.5) is 5.69 Å². The Labute approximate surface area is 167 Å². The molecule has 0 aromatic heterocycles. The third-order valence-electron chi connectivity index (χ3n) is 4.72. The van der Waals surface area contributed by atoms with E-state index in [9.17, 15) is 9.90 Å². The molecular weight excluding hydrogens is 370 g/mol. The zero-order valence-corrected chi connectivity index (χ0v) is 16.1. The minimum Gasteiger partial charge on any atom is -0.507 e. The van der Waals surface area contributed by atoms with Crippen LogP contribution in [0.2, 0.25) is 0 Å². The lowest BCUT2D eigenvalue weighted by molar-refractivity contribution is 0.0693. The highest BCUT2D eigenvalue weighted by Crippen LogP contribution is 2.49. The molecule has 0 atom stereocenters. The maximum absolute atomic E-state index is 11.2. The van der Waals surface area contributed by atoms with Gasteiger partial charge in [-0.25, -0.2) is 4.79 Å². The van der Waals surface area contributed by atoms with Crippen LogP contribution < -0.4 is 4.90 Å². The maximum Gasteiger partial charge on any atom is 0.339 e. The van der Waals surface area contributed by atoms with Gasteiger partial charge in [0.25, 0.3) is 0 Å². The Hall–Kier alpha value is -3.18. The Balaban J connectivity index is 1.65. The van der Waals surface area contributed by atoms with Gasteiger partial charge in [-0.2, -0.15) is 0 Å². The van der Waals surface area contributed by atoms with Crippen LogP contribution in [-0.2, 0) is 0 Å². The quantitative estimate of drug-likeness (QED) is 0.597. The predicted octanol–water partition coefficient (Wildman–Crippen LogP) is 5.73. The Kier molecular flexibility index (Phi) is 4.84. The average Bonchev–Trinajstić information content (AvgIpc) is 3.07. The average molecular weight is 389 g/mol. The topological polar surface area (TPSA) is 60.8 Å². The van der Waals surface area contributed by atoms with Gasteiger partial charge in [0.2, 0.25) is 0 Å². The minimum absolute atomic E-state index is 0.0981. The number of hydrogen-bond acceptors (Lipinski definition) is 4. The molecule has 0 bridgehead atoms. The number of rotatable bonds is 4. The first-order valence-corrected chi connectivity index (χ1v) is 9.82. The van der Waals surface area contributed by atoms with Crippen LogP contribution in [0.3, 0.4) is 0 Å². The molecule has 0 spiro atoms. The van der Waals surface area contributed by atoms with E-state index < -0.39 is 5.97 Å². The van der Waals surface area contributed by atoms with Gasteiger partial charge in [-0.05, 0) is 47.5 Å². The molecule has 1 aliphatic rings. The molecule has 3 aromatic rings. The number of carbonyl (C=O) groups is 1. The summed E-state index contributed by atoms with van der Waals surface area (Å²) in [7, 11) is 0. The van der Waals surface area contributed by atoms with Crippen LogP contribution >= 0.6 is 11.8 Å². The van der Waals surface area contributed by atoms with Gasteiger partial charge in [0.15, 0.2) is 0 Å². The van der Waals surface area contributed by atoms with Crippen molar-refractivity contribution in [1.29, 1.82) is 0 Å². The van der Waals surface area contributed by atoms with Gasteiger partial charge in [-0.15, -0.1) is 0 Å². The molecule has 4 nitrogen and oxygen atoms in total. The molecule has 28 heavy (non-hydrogen) atoms. The summed E-state index contributed by atoms with van der Waals surface area (Å²) < 4.78 is 0. The minimum atomic E-state index is -1.14. The number of fused-ring (bicyclic) bond motifs is 3. The van der Waals surface area contributed by atoms with Crippen molar-refractivity contribution in [3.63, 3.8) is 0 Å². The Morgan fingerprint density at radius 3 is 2.75 bits per heavy atom. The molecule has 0 saturated heterocycles. The fourth-order valence-corrected chi connectivity index (χ4v) is 4.62. The number of hydrogen-bond donors (Lipinski definition) is 2. The fraction of sp³-hybridized carbons (Fsp3) is 0.0870. The smallest absolute Gasteiger partial charge is 0.339 e. The molecule has 0 amide bonds. The third kappa shape index (κ3) is 3.25. The van der Waals surface area contributed by atoms with Gasteiger partial charge in [-0.3, -0.25) is 0 Å². The van der Waals surface area contributed by atoms with E-state index in [0.29, 0.717) is 0 Å². The first-order valence-electron chi connectivity index (χ1n) is 9.00. The SMILES string of the molecule is CCN1/C(=C/C=C/c2ccc(O)c(C(=O)O)c2)Sc2c1ccc1ccccc21. The molecule has 1 aliphatic heterocycles. The molecule has 140 valence electrons. The third-order valence-corrected chi connectivity index (χ3v) is 5.92. The number of thioether (sulfide) groups is 1. The van der Waals surface area contributed by atoms with Crippen molar-refractivity contribution in [2.45, 2.75) is 11.8 Å². The van der Waals surface area contributed by atoms with Gasteiger partial charge in [-0.1, -0.05) is 60.3 Å². The molecule has 0 radical (unpaired) electrons. The van der Waals surface area contributed by atoms with Gasteiger partial charge in [0.1, 0.15) is 11.3 Å². The molecule has 0 unspecified atom stereocenters. The highest BCUT2D eigenvalue weighted by Gasteiger charge is 2.25. The summed E-state index contributed by atoms with van der Waals surface area (Å²) in [5, 5.41) is 22.4. The highest BCUT2D eigenvalue weighted by atomic mass is 32.2. The van der Waals surface area contributed by atoms with E-state index in [4.69, 9.17) is 5.11 Å². The first-order chi connectivity index (χ1) is 13.6. The molecule has 4 rings (SSSR count). The molecule has 0 saturated carbocycles. The van der Waals surface area contributed by atoms with Crippen LogP contribution in [0.15, 0.2) is 76.7 Å². The van der Waals surface area contributed by atoms with Crippen molar-refractivity contribution >= 4 is 40.3 Å². The van der Waals surface area contributed by atoms with E-state index in [2.05, 4.69) is 48.2 Å². The van der Waals surface area contributed by atoms with Crippen molar-refractivity contribution in [2.75, 3.05) is 11.4 Å². The summed E-state index contributed by atoms with van der Waals surface area (Å²) in [4.78, 5) is 14.7. The van der Waals surface area contributed by atoms with Crippen LogP contribution in [0.1, 0.15) is 22.8 Å². The normalized spacial score (nSPS) is 14.9. The number of aromatic hydroxyl groups is 1. The van der Waals surface area contributed by atoms with Gasteiger partial charge in [0.05, 0.1) is 10.7 Å². The molecule has 3 aromatic carbocycles. The number of carboxylic acid groups (broad SMARTS) is 1. The second kappa shape index (κ2) is 7.44. The number of carboxylic acids is 1. The monoisotopic (exact) mass is 389 g/mol. The summed E-state index contributed by atoms with van der Waals surface area (Å²) in [6.07, 6.45) is 5.79. The number of allylic oxidation sites excluding steroid dienone is 2. The lowest BCUT2D eigenvalue weighted by atomic mass is 10.1.